The summed E-state index contributed by atoms with van der Waals surface area (Å²) in [5.41, 5.74) is 0.837. The molecule has 0 fully saturated rings. The van der Waals surface area contributed by atoms with Crippen molar-refractivity contribution >= 4 is 21.9 Å². The third-order valence-corrected chi connectivity index (χ3v) is 3.01. The van der Waals surface area contributed by atoms with Crippen LogP contribution in [0.3, 0.4) is 0 Å². The van der Waals surface area contributed by atoms with Gasteiger partial charge in [-0.15, -0.1) is 0 Å². The molecular weight excluding hydrogens is 232 g/mol. The Morgan fingerprint density at radius 1 is 1.06 bits per heavy atom. The number of phenols is 2. The summed E-state index contributed by atoms with van der Waals surface area (Å²) in [7, 11) is 0. The maximum atomic E-state index is 12.2. The van der Waals surface area contributed by atoms with Gasteiger partial charge in [-0.1, -0.05) is 12.1 Å². The summed E-state index contributed by atoms with van der Waals surface area (Å²) in [5, 5.41) is 19.9. The molecule has 0 bridgehead atoms. The fourth-order valence-electron chi connectivity index (χ4n) is 2.06. The van der Waals surface area contributed by atoms with Crippen molar-refractivity contribution in [3.63, 3.8) is 0 Å². The van der Waals surface area contributed by atoms with E-state index in [1.807, 2.05) is 0 Å². The number of rotatable bonds is 0. The Labute approximate surface area is 102 Å². The number of hydrogen-bond acceptors (Lipinski definition) is 4. The van der Waals surface area contributed by atoms with Crippen molar-refractivity contribution in [1.29, 1.82) is 0 Å². The first-order valence-corrected chi connectivity index (χ1v) is 5.46. The second kappa shape index (κ2) is 3.50. The summed E-state index contributed by atoms with van der Waals surface area (Å²) in [6.07, 6.45) is 0. The minimum absolute atomic E-state index is 0.0109. The third-order valence-electron chi connectivity index (χ3n) is 3.01. The Morgan fingerprint density at radius 2 is 1.78 bits per heavy atom. The van der Waals surface area contributed by atoms with Crippen LogP contribution in [0.1, 0.15) is 5.56 Å². The van der Waals surface area contributed by atoms with Gasteiger partial charge in [0.25, 0.3) is 0 Å². The topological polar surface area (TPSA) is 70.7 Å². The van der Waals surface area contributed by atoms with Crippen molar-refractivity contribution in [1.82, 2.24) is 0 Å². The van der Waals surface area contributed by atoms with Crippen LogP contribution < -0.4 is 5.43 Å². The van der Waals surface area contributed by atoms with Gasteiger partial charge in [-0.3, -0.25) is 4.79 Å². The Hall–Kier alpha value is -2.49. The van der Waals surface area contributed by atoms with Gasteiger partial charge in [0, 0.05) is 0 Å². The number of hydrogen-bond donors (Lipinski definition) is 2. The highest BCUT2D eigenvalue weighted by Gasteiger charge is 2.16. The van der Waals surface area contributed by atoms with E-state index >= 15 is 0 Å². The summed E-state index contributed by atoms with van der Waals surface area (Å²) in [4.78, 5) is 12.2. The SMILES string of the molecule is Cc1cc2oc3ccccc3c(=O)c2c(O)c1O. The molecule has 0 saturated carbocycles. The normalized spacial score (nSPS) is 11.2. The summed E-state index contributed by atoms with van der Waals surface area (Å²) in [6, 6.07) is 8.34. The predicted octanol–water partition coefficient (Wildman–Crippen LogP) is 2.67. The van der Waals surface area contributed by atoms with Gasteiger partial charge in [0.05, 0.1) is 5.39 Å². The molecule has 4 nitrogen and oxygen atoms in total. The number of phenolic OH excluding ortho intramolecular Hbond substituents is 2. The van der Waals surface area contributed by atoms with Crippen molar-refractivity contribution in [3.05, 3.63) is 46.1 Å². The minimum atomic E-state index is -0.426. The number of fused-ring (bicyclic) bond motifs is 2. The summed E-state index contributed by atoms with van der Waals surface area (Å²) >= 11 is 0. The molecule has 0 amide bonds. The highest BCUT2D eigenvalue weighted by molar-refractivity contribution is 5.94. The first-order chi connectivity index (χ1) is 8.59. The molecule has 3 aromatic rings. The van der Waals surface area contributed by atoms with Crippen LogP contribution in [0.2, 0.25) is 0 Å². The standard InChI is InChI=1S/C14H10O4/c1-7-6-10-11(14(17)12(7)15)13(16)8-4-2-3-5-9(8)18-10/h2-6,15,17H,1H3. The lowest BCUT2D eigenvalue weighted by atomic mass is 10.1. The second-order valence-corrected chi connectivity index (χ2v) is 4.19. The molecule has 0 aliphatic rings. The average molecular weight is 242 g/mol. The first kappa shape index (κ1) is 10.7. The molecule has 1 heterocycles. The average Bonchev–Trinajstić information content (AvgIpc) is 2.36. The van der Waals surface area contributed by atoms with Crippen LogP contribution in [-0.2, 0) is 0 Å². The molecule has 18 heavy (non-hydrogen) atoms. The lowest BCUT2D eigenvalue weighted by molar-refractivity contribution is 0.404. The maximum absolute atomic E-state index is 12.2. The highest BCUT2D eigenvalue weighted by atomic mass is 16.3. The maximum Gasteiger partial charge on any atom is 0.204 e. The molecule has 0 radical (unpaired) electrons. The highest BCUT2D eigenvalue weighted by Crippen LogP contribution is 2.35. The van der Waals surface area contributed by atoms with Crippen molar-refractivity contribution in [2.45, 2.75) is 6.92 Å². The molecule has 2 aromatic carbocycles. The van der Waals surface area contributed by atoms with Gasteiger partial charge >= 0.3 is 0 Å². The molecule has 0 aliphatic carbocycles. The van der Waals surface area contributed by atoms with E-state index in [0.717, 1.165) is 0 Å². The van der Waals surface area contributed by atoms with Crippen molar-refractivity contribution in [2.24, 2.45) is 0 Å². The lowest BCUT2D eigenvalue weighted by Crippen LogP contribution is -2.02. The Morgan fingerprint density at radius 3 is 2.56 bits per heavy atom. The molecule has 3 rings (SSSR count). The van der Waals surface area contributed by atoms with E-state index in [2.05, 4.69) is 0 Å². The first-order valence-electron chi connectivity index (χ1n) is 5.46. The van der Waals surface area contributed by atoms with Gasteiger partial charge in [-0.2, -0.15) is 0 Å². The zero-order chi connectivity index (χ0) is 12.9. The minimum Gasteiger partial charge on any atom is -0.504 e. The van der Waals surface area contributed by atoms with Crippen LogP contribution in [0.25, 0.3) is 21.9 Å². The number of benzene rings is 2. The van der Waals surface area contributed by atoms with Crippen molar-refractivity contribution in [2.75, 3.05) is 0 Å². The molecule has 90 valence electrons. The fraction of sp³-hybridized carbons (Fsp3) is 0.0714. The van der Waals surface area contributed by atoms with Crippen LogP contribution in [0.15, 0.2) is 39.5 Å². The Balaban J connectivity index is 2.65. The summed E-state index contributed by atoms with van der Waals surface area (Å²) in [6.45, 7) is 1.63. The monoisotopic (exact) mass is 242 g/mol. The quantitative estimate of drug-likeness (QED) is 0.469. The van der Waals surface area contributed by atoms with Crippen LogP contribution in [0.5, 0.6) is 11.5 Å². The molecule has 2 N–H and O–H groups in total. The second-order valence-electron chi connectivity index (χ2n) is 4.19. The molecular formula is C14H10O4. The van der Waals surface area contributed by atoms with E-state index in [0.29, 0.717) is 16.5 Å². The summed E-state index contributed by atoms with van der Waals surface area (Å²) in [5.74, 6) is -0.713. The van der Waals surface area contributed by atoms with E-state index in [1.165, 1.54) is 6.07 Å². The van der Waals surface area contributed by atoms with Gasteiger partial charge in [0.2, 0.25) is 5.43 Å². The zero-order valence-electron chi connectivity index (χ0n) is 9.60. The van der Waals surface area contributed by atoms with Gasteiger partial charge < -0.3 is 14.6 Å². The van der Waals surface area contributed by atoms with Gasteiger partial charge in [-0.25, -0.2) is 0 Å². The zero-order valence-corrected chi connectivity index (χ0v) is 9.60. The van der Waals surface area contributed by atoms with E-state index in [1.54, 1.807) is 31.2 Å². The lowest BCUT2D eigenvalue weighted by Gasteiger charge is -2.06. The van der Waals surface area contributed by atoms with Gasteiger partial charge in [0.1, 0.15) is 16.6 Å². The molecule has 0 aliphatic heterocycles. The van der Waals surface area contributed by atoms with Crippen LogP contribution in [0, 0.1) is 6.92 Å². The number of aryl methyl sites for hydroxylation is 1. The number of aromatic hydroxyl groups is 2. The Kier molecular flexibility index (Phi) is 2.07. The molecule has 1 aromatic heterocycles. The predicted molar refractivity (Wildman–Crippen MR) is 68.1 cm³/mol. The van der Waals surface area contributed by atoms with E-state index < -0.39 is 5.75 Å². The molecule has 0 atom stereocenters. The van der Waals surface area contributed by atoms with Crippen LogP contribution >= 0.6 is 0 Å². The van der Waals surface area contributed by atoms with E-state index in [4.69, 9.17) is 4.42 Å². The van der Waals surface area contributed by atoms with Gasteiger partial charge in [-0.05, 0) is 30.7 Å². The molecule has 0 saturated heterocycles. The van der Waals surface area contributed by atoms with E-state index in [9.17, 15) is 15.0 Å². The van der Waals surface area contributed by atoms with Crippen LogP contribution in [-0.4, -0.2) is 10.2 Å². The Bertz CT molecular complexity index is 830. The smallest absolute Gasteiger partial charge is 0.204 e. The van der Waals surface area contributed by atoms with Crippen molar-refractivity contribution in [3.8, 4) is 11.5 Å². The largest absolute Gasteiger partial charge is 0.504 e. The van der Waals surface area contributed by atoms with Crippen molar-refractivity contribution < 1.29 is 14.6 Å². The summed E-state index contributed by atoms with van der Waals surface area (Å²) < 4.78 is 5.57. The molecule has 0 unspecified atom stereocenters. The third kappa shape index (κ3) is 1.29. The fourth-order valence-corrected chi connectivity index (χ4v) is 2.06. The van der Waals surface area contributed by atoms with Crippen LogP contribution in [0.4, 0.5) is 0 Å². The molecule has 4 heteroatoms. The molecule has 0 spiro atoms. The van der Waals surface area contributed by atoms with Gasteiger partial charge in [0.15, 0.2) is 11.5 Å². The number of para-hydroxylation sites is 1. The van der Waals surface area contributed by atoms with E-state index in [-0.39, 0.29) is 22.1 Å².